The lowest BCUT2D eigenvalue weighted by atomic mass is 9.92. The number of hydrogen-bond donors (Lipinski definition) is 3. The molecule has 92 valence electrons. The zero-order valence-electron chi connectivity index (χ0n) is 10.0. The van der Waals surface area contributed by atoms with Gasteiger partial charge in [-0.25, -0.2) is 0 Å². The molecule has 2 amide bonds. The molecule has 1 saturated heterocycles. The maximum absolute atomic E-state index is 11.9. The van der Waals surface area contributed by atoms with Crippen LogP contribution in [-0.2, 0) is 9.59 Å². The Hall–Kier alpha value is -1.10. The molecule has 16 heavy (non-hydrogen) atoms. The number of rotatable bonds is 5. The van der Waals surface area contributed by atoms with Crippen LogP contribution in [-0.4, -0.2) is 30.4 Å². The lowest BCUT2D eigenvalue weighted by molar-refractivity contribution is -0.128. The molecule has 0 aliphatic carbocycles. The van der Waals surface area contributed by atoms with Crippen LogP contribution >= 0.6 is 0 Å². The van der Waals surface area contributed by atoms with Crippen molar-refractivity contribution in [3.63, 3.8) is 0 Å². The third-order valence-electron chi connectivity index (χ3n) is 3.48. The Kier molecular flexibility index (Phi) is 4.29. The van der Waals surface area contributed by atoms with Gasteiger partial charge in [-0.15, -0.1) is 0 Å². The summed E-state index contributed by atoms with van der Waals surface area (Å²) in [4.78, 5) is 22.9. The van der Waals surface area contributed by atoms with Gasteiger partial charge < -0.3 is 16.4 Å². The lowest BCUT2D eigenvalue weighted by Crippen LogP contribution is -2.54. The average Bonchev–Trinajstić information content (AvgIpc) is 2.73. The van der Waals surface area contributed by atoms with Gasteiger partial charge in [0.15, 0.2) is 0 Å². The molecule has 0 saturated carbocycles. The molecule has 0 aromatic heterocycles. The van der Waals surface area contributed by atoms with Gasteiger partial charge >= 0.3 is 0 Å². The number of nitrogens with one attached hydrogen (secondary N) is 2. The molecule has 1 aliphatic heterocycles. The Morgan fingerprint density at radius 3 is 2.56 bits per heavy atom. The van der Waals surface area contributed by atoms with Crippen molar-refractivity contribution in [2.45, 2.75) is 38.6 Å². The summed E-state index contributed by atoms with van der Waals surface area (Å²) in [7, 11) is 0. The van der Waals surface area contributed by atoms with E-state index in [1.54, 1.807) is 0 Å². The largest absolute Gasteiger partial charge is 0.355 e. The maximum atomic E-state index is 11.9. The Bertz CT molecular complexity index is 266. The topological polar surface area (TPSA) is 84.2 Å². The highest BCUT2D eigenvalue weighted by atomic mass is 16.2. The van der Waals surface area contributed by atoms with Crippen molar-refractivity contribution in [3.05, 3.63) is 0 Å². The van der Waals surface area contributed by atoms with E-state index in [2.05, 4.69) is 10.6 Å². The molecule has 1 rings (SSSR count). The fourth-order valence-electron chi connectivity index (χ4n) is 1.92. The van der Waals surface area contributed by atoms with Crippen LogP contribution in [0.4, 0.5) is 0 Å². The van der Waals surface area contributed by atoms with Crippen LogP contribution in [0.15, 0.2) is 0 Å². The second-order valence-corrected chi connectivity index (χ2v) is 4.39. The molecule has 4 N–H and O–H groups in total. The van der Waals surface area contributed by atoms with E-state index >= 15 is 0 Å². The van der Waals surface area contributed by atoms with Gasteiger partial charge in [0.05, 0.1) is 11.5 Å². The third kappa shape index (κ3) is 2.72. The molecule has 0 aromatic rings. The normalized spacial score (nSPS) is 20.7. The zero-order chi connectivity index (χ0) is 12.2. The minimum absolute atomic E-state index is 0.0495. The van der Waals surface area contributed by atoms with E-state index in [-0.39, 0.29) is 23.3 Å². The SMILES string of the molecule is CCC(CC)(CN)NC(=O)C1CNC(=O)C1. The fourth-order valence-corrected chi connectivity index (χ4v) is 1.92. The van der Waals surface area contributed by atoms with Crippen LogP contribution in [0.25, 0.3) is 0 Å². The smallest absolute Gasteiger partial charge is 0.225 e. The highest BCUT2D eigenvalue weighted by Crippen LogP contribution is 2.16. The average molecular weight is 227 g/mol. The molecule has 5 nitrogen and oxygen atoms in total. The summed E-state index contributed by atoms with van der Waals surface area (Å²) in [5.41, 5.74) is 5.39. The highest BCUT2D eigenvalue weighted by molar-refractivity contribution is 5.89. The highest BCUT2D eigenvalue weighted by Gasteiger charge is 2.33. The molecule has 1 aliphatic rings. The lowest BCUT2D eigenvalue weighted by Gasteiger charge is -2.32. The van der Waals surface area contributed by atoms with Crippen molar-refractivity contribution in [3.8, 4) is 0 Å². The van der Waals surface area contributed by atoms with Crippen molar-refractivity contribution < 1.29 is 9.59 Å². The second kappa shape index (κ2) is 5.30. The number of carbonyl (C=O) groups excluding carboxylic acids is 2. The molecule has 1 fully saturated rings. The molecule has 1 atom stereocenters. The standard InChI is InChI=1S/C11H21N3O2/c1-3-11(4-2,7-12)14-10(16)8-5-9(15)13-6-8/h8H,3-7,12H2,1-2H3,(H,13,15)(H,14,16). The van der Waals surface area contributed by atoms with Crippen LogP contribution in [0.5, 0.6) is 0 Å². The predicted molar refractivity (Wildman–Crippen MR) is 61.6 cm³/mol. The number of carbonyl (C=O) groups is 2. The minimum atomic E-state index is -0.317. The zero-order valence-corrected chi connectivity index (χ0v) is 10.0. The van der Waals surface area contributed by atoms with Gasteiger partial charge in [0.2, 0.25) is 11.8 Å². The van der Waals surface area contributed by atoms with Crippen molar-refractivity contribution >= 4 is 11.8 Å². The van der Waals surface area contributed by atoms with Crippen molar-refractivity contribution in [1.82, 2.24) is 10.6 Å². The number of amides is 2. The summed E-state index contributed by atoms with van der Waals surface area (Å²) in [6, 6.07) is 0. The summed E-state index contributed by atoms with van der Waals surface area (Å²) < 4.78 is 0. The minimum Gasteiger partial charge on any atom is -0.355 e. The van der Waals surface area contributed by atoms with E-state index in [1.807, 2.05) is 13.8 Å². The Morgan fingerprint density at radius 1 is 1.56 bits per heavy atom. The van der Waals surface area contributed by atoms with Gasteiger partial charge in [0.1, 0.15) is 0 Å². The third-order valence-corrected chi connectivity index (χ3v) is 3.48. The molecule has 0 spiro atoms. The maximum Gasteiger partial charge on any atom is 0.225 e. The van der Waals surface area contributed by atoms with E-state index in [1.165, 1.54) is 0 Å². The summed E-state index contributed by atoms with van der Waals surface area (Å²) in [5, 5.41) is 5.65. The summed E-state index contributed by atoms with van der Waals surface area (Å²) in [5.74, 6) is -0.351. The Balaban J connectivity index is 2.58. The molecule has 0 aromatic carbocycles. The van der Waals surface area contributed by atoms with Crippen molar-refractivity contribution in [2.24, 2.45) is 11.7 Å². The van der Waals surface area contributed by atoms with E-state index in [0.29, 0.717) is 19.5 Å². The Morgan fingerprint density at radius 2 is 2.19 bits per heavy atom. The van der Waals surface area contributed by atoms with Gasteiger partial charge in [-0.2, -0.15) is 0 Å². The molecular weight excluding hydrogens is 206 g/mol. The van der Waals surface area contributed by atoms with Gasteiger partial charge in [-0.3, -0.25) is 9.59 Å². The van der Waals surface area contributed by atoms with Crippen LogP contribution in [0.1, 0.15) is 33.1 Å². The van der Waals surface area contributed by atoms with E-state index in [0.717, 1.165) is 12.8 Å². The molecule has 5 heteroatoms. The van der Waals surface area contributed by atoms with E-state index in [4.69, 9.17) is 5.73 Å². The van der Waals surface area contributed by atoms with Gasteiger partial charge in [-0.05, 0) is 12.8 Å². The van der Waals surface area contributed by atoms with Crippen LogP contribution in [0, 0.1) is 5.92 Å². The first-order valence-electron chi connectivity index (χ1n) is 5.85. The van der Waals surface area contributed by atoms with Crippen molar-refractivity contribution in [1.29, 1.82) is 0 Å². The molecular formula is C11H21N3O2. The quantitative estimate of drug-likeness (QED) is 0.606. The predicted octanol–water partition coefficient (Wildman–Crippen LogP) is -0.244. The Labute approximate surface area is 96.1 Å². The molecule has 0 bridgehead atoms. The fraction of sp³-hybridized carbons (Fsp3) is 0.818. The first kappa shape index (κ1) is 13.0. The number of hydrogen-bond acceptors (Lipinski definition) is 3. The van der Waals surface area contributed by atoms with E-state index in [9.17, 15) is 9.59 Å². The first-order chi connectivity index (χ1) is 7.56. The summed E-state index contributed by atoms with van der Waals surface area (Å²) in [6.45, 7) is 4.89. The summed E-state index contributed by atoms with van der Waals surface area (Å²) in [6.07, 6.45) is 1.90. The second-order valence-electron chi connectivity index (χ2n) is 4.39. The van der Waals surface area contributed by atoms with Crippen LogP contribution in [0.2, 0.25) is 0 Å². The van der Waals surface area contributed by atoms with Crippen molar-refractivity contribution in [2.75, 3.05) is 13.1 Å². The molecule has 1 unspecified atom stereocenters. The molecule has 1 heterocycles. The van der Waals surface area contributed by atoms with Gasteiger partial charge in [-0.1, -0.05) is 13.8 Å². The van der Waals surface area contributed by atoms with Gasteiger partial charge in [0, 0.05) is 19.5 Å². The summed E-state index contributed by atoms with van der Waals surface area (Å²) >= 11 is 0. The molecule has 0 radical (unpaired) electrons. The van der Waals surface area contributed by atoms with Gasteiger partial charge in [0.25, 0.3) is 0 Å². The number of nitrogens with two attached hydrogens (primary N) is 1. The van der Waals surface area contributed by atoms with E-state index < -0.39 is 0 Å². The van der Waals surface area contributed by atoms with Crippen LogP contribution in [0.3, 0.4) is 0 Å². The first-order valence-corrected chi connectivity index (χ1v) is 5.85. The van der Waals surface area contributed by atoms with Crippen LogP contribution < -0.4 is 16.4 Å². The monoisotopic (exact) mass is 227 g/mol.